The maximum absolute atomic E-state index is 5.47. The molecule has 0 spiro atoms. The van der Waals surface area contributed by atoms with E-state index in [0.29, 0.717) is 6.04 Å². The van der Waals surface area contributed by atoms with E-state index in [1.54, 1.807) is 0 Å². The van der Waals surface area contributed by atoms with Crippen LogP contribution < -0.4 is 16.0 Å². The molecule has 1 rings (SSSR count). The van der Waals surface area contributed by atoms with Crippen LogP contribution in [0.5, 0.6) is 0 Å². The van der Waals surface area contributed by atoms with Gasteiger partial charge in [-0.2, -0.15) is 0 Å². The minimum absolute atomic E-state index is 0.406. The third-order valence-electron chi connectivity index (χ3n) is 2.99. The molecule has 0 saturated carbocycles. The van der Waals surface area contributed by atoms with E-state index in [1.165, 1.54) is 11.3 Å². The molecule has 0 amide bonds. The van der Waals surface area contributed by atoms with Gasteiger partial charge in [0.1, 0.15) is 0 Å². The Balaban J connectivity index is 2.43. The third-order valence-corrected chi connectivity index (χ3v) is 2.99. The van der Waals surface area contributed by atoms with Gasteiger partial charge in [0.15, 0.2) is 0 Å². The van der Waals surface area contributed by atoms with Crippen LogP contribution in [-0.2, 0) is 0 Å². The minimum atomic E-state index is 0.406. The quantitative estimate of drug-likeness (QED) is 0.712. The average molecular weight is 235 g/mol. The van der Waals surface area contributed by atoms with Crippen molar-refractivity contribution in [2.45, 2.75) is 25.8 Å². The van der Waals surface area contributed by atoms with Crippen molar-refractivity contribution in [2.24, 2.45) is 5.73 Å². The van der Waals surface area contributed by atoms with Crippen LogP contribution >= 0.6 is 0 Å². The molecule has 0 fully saturated rings. The van der Waals surface area contributed by atoms with E-state index < -0.39 is 0 Å². The van der Waals surface area contributed by atoms with Gasteiger partial charge in [-0.15, -0.1) is 0 Å². The molecule has 0 aliphatic heterocycles. The average Bonchev–Trinajstić information content (AvgIpc) is 2.34. The summed E-state index contributed by atoms with van der Waals surface area (Å²) in [7, 11) is 4.12. The van der Waals surface area contributed by atoms with Gasteiger partial charge < -0.3 is 16.0 Å². The normalized spacial score (nSPS) is 12.5. The Morgan fingerprint density at radius 2 is 1.82 bits per heavy atom. The second-order valence-corrected chi connectivity index (χ2v) is 4.66. The van der Waals surface area contributed by atoms with Crippen LogP contribution in [-0.4, -0.2) is 27.2 Å². The Labute approximate surface area is 105 Å². The molecule has 96 valence electrons. The topological polar surface area (TPSA) is 41.3 Å². The molecule has 0 aliphatic carbocycles. The van der Waals surface area contributed by atoms with Crippen molar-refractivity contribution in [1.29, 1.82) is 0 Å². The molecule has 3 heteroatoms. The first-order chi connectivity index (χ1) is 8.15. The predicted molar refractivity (Wildman–Crippen MR) is 75.5 cm³/mol. The first kappa shape index (κ1) is 14.0. The standard InChI is InChI=1S/C14H25N3/c1-12(16-11-5-4-10-15)13-6-8-14(9-7-13)17(2)3/h6-9,12,16H,4-5,10-11,15H2,1-3H3. The largest absolute Gasteiger partial charge is 0.378 e. The highest BCUT2D eigenvalue weighted by Crippen LogP contribution is 2.17. The lowest BCUT2D eigenvalue weighted by atomic mass is 10.1. The van der Waals surface area contributed by atoms with Crippen LogP contribution in [0.25, 0.3) is 0 Å². The van der Waals surface area contributed by atoms with Crippen LogP contribution in [0.3, 0.4) is 0 Å². The van der Waals surface area contributed by atoms with Gasteiger partial charge in [-0.25, -0.2) is 0 Å². The van der Waals surface area contributed by atoms with E-state index in [-0.39, 0.29) is 0 Å². The van der Waals surface area contributed by atoms with Crippen molar-refractivity contribution in [3.63, 3.8) is 0 Å². The smallest absolute Gasteiger partial charge is 0.0361 e. The van der Waals surface area contributed by atoms with Gasteiger partial charge >= 0.3 is 0 Å². The maximum atomic E-state index is 5.47. The van der Waals surface area contributed by atoms with Gasteiger partial charge in [-0.05, 0) is 50.6 Å². The van der Waals surface area contributed by atoms with Crippen molar-refractivity contribution < 1.29 is 0 Å². The number of hydrogen-bond acceptors (Lipinski definition) is 3. The van der Waals surface area contributed by atoms with E-state index >= 15 is 0 Å². The summed E-state index contributed by atoms with van der Waals surface area (Å²) in [5.41, 5.74) is 8.05. The van der Waals surface area contributed by atoms with Crippen LogP contribution in [0.2, 0.25) is 0 Å². The van der Waals surface area contributed by atoms with Crippen molar-refractivity contribution >= 4 is 5.69 Å². The molecule has 1 aromatic carbocycles. The SMILES string of the molecule is CC(NCCCCN)c1ccc(N(C)C)cc1. The number of nitrogens with zero attached hydrogens (tertiary/aromatic N) is 1. The molecular formula is C14H25N3. The Morgan fingerprint density at radius 3 is 2.35 bits per heavy atom. The van der Waals surface area contributed by atoms with Gasteiger partial charge in [0.05, 0.1) is 0 Å². The van der Waals surface area contributed by atoms with Gasteiger partial charge in [0.25, 0.3) is 0 Å². The summed E-state index contributed by atoms with van der Waals surface area (Å²) < 4.78 is 0. The molecule has 1 atom stereocenters. The van der Waals surface area contributed by atoms with Crippen LogP contribution in [0.4, 0.5) is 5.69 Å². The van der Waals surface area contributed by atoms with Gasteiger partial charge in [0.2, 0.25) is 0 Å². The molecule has 1 unspecified atom stereocenters. The summed E-state index contributed by atoms with van der Waals surface area (Å²) in [4.78, 5) is 2.11. The number of benzene rings is 1. The predicted octanol–water partition coefficient (Wildman–Crippen LogP) is 2.14. The van der Waals surface area contributed by atoms with E-state index in [4.69, 9.17) is 5.73 Å². The fourth-order valence-electron chi connectivity index (χ4n) is 1.77. The number of nitrogens with two attached hydrogens (primary N) is 1. The number of hydrogen-bond donors (Lipinski definition) is 2. The van der Waals surface area contributed by atoms with Crippen LogP contribution in [0.1, 0.15) is 31.4 Å². The van der Waals surface area contributed by atoms with Crippen molar-refractivity contribution in [3.8, 4) is 0 Å². The van der Waals surface area contributed by atoms with Gasteiger partial charge in [0, 0.05) is 25.8 Å². The summed E-state index contributed by atoms with van der Waals surface area (Å²) in [6.45, 7) is 4.02. The highest BCUT2D eigenvalue weighted by Gasteiger charge is 2.04. The summed E-state index contributed by atoms with van der Waals surface area (Å²) >= 11 is 0. The Hall–Kier alpha value is -1.06. The monoisotopic (exact) mass is 235 g/mol. The number of anilines is 1. The number of unbranched alkanes of at least 4 members (excludes halogenated alkanes) is 1. The molecule has 1 aromatic rings. The van der Waals surface area contributed by atoms with E-state index in [9.17, 15) is 0 Å². The van der Waals surface area contributed by atoms with E-state index in [1.807, 2.05) is 0 Å². The highest BCUT2D eigenvalue weighted by atomic mass is 15.1. The molecule has 17 heavy (non-hydrogen) atoms. The van der Waals surface area contributed by atoms with Crippen molar-refractivity contribution in [2.75, 3.05) is 32.1 Å². The molecular weight excluding hydrogens is 210 g/mol. The van der Waals surface area contributed by atoms with Gasteiger partial charge in [-0.1, -0.05) is 12.1 Å². The van der Waals surface area contributed by atoms with Crippen LogP contribution in [0, 0.1) is 0 Å². The van der Waals surface area contributed by atoms with Crippen LogP contribution in [0.15, 0.2) is 24.3 Å². The summed E-state index contributed by atoms with van der Waals surface area (Å²) in [6, 6.07) is 9.11. The molecule has 0 heterocycles. The Kier molecular flexibility index (Phi) is 6.01. The Morgan fingerprint density at radius 1 is 1.18 bits per heavy atom. The molecule has 0 radical (unpaired) electrons. The van der Waals surface area contributed by atoms with Gasteiger partial charge in [-0.3, -0.25) is 0 Å². The molecule has 0 bridgehead atoms. The number of rotatable bonds is 7. The fourth-order valence-corrected chi connectivity index (χ4v) is 1.77. The molecule has 3 nitrogen and oxygen atoms in total. The Bertz CT molecular complexity index is 306. The molecule has 3 N–H and O–H groups in total. The highest BCUT2D eigenvalue weighted by molar-refractivity contribution is 5.46. The first-order valence-corrected chi connectivity index (χ1v) is 6.36. The summed E-state index contributed by atoms with van der Waals surface area (Å²) in [6.07, 6.45) is 2.25. The first-order valence-electron chi connectivity index (χ1n) is 6.36. The lowest BCUT2D eigenvalue weighted by Crippen LogP contribution is -2.20. The zero-order chi connectivity index (χ0) is 12.7. The zero-order valence-corrected chi connectivity index (χ0v) is 11.2. The maximum Gasteiger partial charge on any atom is 0.0361 e. The summed E-state index contributed by atoms with van der Waals surface area (Å²) in [5.74, 6) is 0. The second-order valence-electron chi connectivity index (χ2n) is 4.66. The molecule has 0 aromatic heterocycles. The van der Waals surface area contributed by atoms with E-state index in [2.05, 4.69) is 55.5 Å². The van der Waals surface area contributed by atoms with E-state index in [0.717, 1.165) is 25.9 Å². The third kappa shape index (κ3) is 4.75. The lowest BCUT2D eigenvalue weighted by Gasteiger charge is -2.17. The fraction of sp³-hybridized carbons (Fsp3) is 0.571. The molecule has 0 saturated heterocycles. The minimum Gasteiger partial charge on any atom is -0.378 e. The lowest BCUT2D eigenvalue weighted by molar-refractivity contribution is 0.549. The zero-order valence-electron chi connectivity index (χ0n) is 11.2. The van der Waals surface area contributed by atoms with Crippen molar-refractivity contribution in [1.82, 2.24) is 5.32 Å². The van der Waals surface area contributed by atoms with Crippen molar-refractivity contribution in [3.05, 3.63) is 29.8 Å². The molecule has 0 aliphatic rings. The summed E-state index contributed by atoms with van der Waals surface area (Å²) in [5, 5.41) is 3.51. The number of nitrogens with one attached hydrogen (secondary N) is 1. The second kappa shape index (κ2) is 7.30.